The molecule has 9 nitrogen and oxygen atoms in total. The highest BCUT2D eigenvalue weighted by atomic mass is 16.7. The van der Waals surface area contributed by atoms with Crippen LogP contribution in [0.5, 0.6) is 0 Å². The Morgan fingerprint density at radius 2 is 1.11 bits per heavy atom. The minimum atomic E-state index is -1.57. The highest BCUT2D eigenvalue weighted by molar-refractivity contribution is 5.76. The lowest BCUT2D eigenvalue weighted by atomic mass is 9.99. The molecule has 0 saturated carbocycles. The second-order valence-electron chi connectivity index (χ2n) is 14.4. The number of hydrogen-bond donors (Lipinski definition) is 6. The molecule has 7 atom stereocenters. The summed E-state index contributed by atoms with van der Waals surface area (Å²) in [6.07, 6.45) is 45.2. The average molecular weight is 784 g/mol. The van der Waals surface area contributed by atoms with Crippen LogP contribution < -0.4 is 5.32 Å². The fourth-order valence-electron chi connectivity index (χ4n) is 5.94. The predicted octanol–water partition coefficient (Wildman–Crippen LogP) is 8.55. The molecule has 318 valence electrons. The summed E-state index contributed by atoms with van der Waals surface area (Å²) in [5.41, 5.74) is 0. The van der Waals surface area contributed by atoms with E-state index in [1.54, 1.807) is 6.08 Å². The van der Waals surface area contributed by atoms with Gasteiger partial charge in [-0.25, -0.2) is 0 Å². The van der Waals surface area contributed by atoms with Crippen LogP contribution in [0.25, 0.3) is 0 Å². The molecule has 1 heterocycles. The molecule has 0 aromatic rings. The molecule has 0 aromatic heterocycles. The first-order valence-electron chi connectivity index (χ1n) is 21.5. The first-order valence-corrected chi connectivity index (χ1v) is 21.5. The first-order chi connectivity index (χ1) is 27.3. The van der Waals surface area contributed by atoms with E-state index in [1.807, 2.05) is 6.08 Å². The van der Waals surface area contributed by atoms with E-state index in [2.05, 4.69) is 104 Å². The van der Waals surface area contributed by atoms with E-state index in [0.717, 1.165) is 96.3 Å². The van der Waals surface area contributed by atoms with E-state index in [9.17, 15) is 30.3 Å². The lowest BCUT2D eigenvalue weighted by molar-refractivity contribution is -0.302. The maximum Gasteiger partial charge on any atom is 0.220 e. The zero-order chi connectivity index (χ0) is 40.9. The average Bonchev–Trinajstić information content (AvgIpc) is 3.20. The van der Waals surface area contributed by atoms with E-state index in [1.165, 1.54) is 19.3 Å². The fraction of sp³-hybridized carbons (Fsp3) is 0.638. The maximum absolute atomic E-state index is 12.8. The van der Waals surface area contributed by atoms with Crippen LogP contribution in [0.15, 0.2) is 97.2 Å². The zero-order valence-corrected chi connectivity index (χ0v) is 34.6. The SMILES string of the molecule is CC/C=C\C/C=C\C/C=C\C/C=C\C/C=C\C/C=C\C/C=C\CCCCCCCCCC(=O)NC(COC1OC(CO)C(O)C(O)C1O)C(O)/C=C/CCCC. The van der Waals surface area contributed by atoms with Gasteiger partial charge in [-0.1, -0.05) is 156 Å². The molecule has 0 aromatic carbocycles. The van der Waals surface area contributed by atoms with Gasteiger partial charge < -0.3 is 40.3 Å². The summed E-state index contributed by atoms with van der Waals surface area (Å²) in [6.45, 7) is 3.46. The Morgan fingerprint density at radius 3 is 1.62 bits per heavy atom. The molecule has 0 radical (unpaired) electrons. The number of allylic oxidation sites excluding steroid dienone is 15. The van der Waals surface area contributed by atoms with Gasteiger partial charge in [-0.3, -0.25) is 4.79 Å². The van der Waals surface area contributed by atoms with Crippen LogP contribution in [0.4, 0.5) is 0 Å². The molecular weight excluding hydrogens is 707 g/mol. The molecule has 6 N–H and O–H groups in total. The Morgan fingerprint density at radius 1 is 0.625 bits per heavy atom. The summed E-state index contributed by atoms with van der Waals surface area (Å²) in [5, 5.41) is 53.5. The topological polar surface area (TPSA) is 149 Å². The minimum Gasteiger partial charge on any atom is -0.394 e. The van der Waals surface area contributed by atoms with E-state index < -0.39 is 49.5 Å². The standard InChI is InChI=1S/C47H77NO8/c1-3-5-7-9-10-11-12-13-14-15-16-17-18-19-20-21-22-23-24-25-26-27-28-29-30-31-32-33-35-37-43(51)48-40(41(50)36-34-8-6-4-2)39-55-47-46(54)45(53)44(52)42(38-49)56-47/h5,7,10-11,13-14,16-17,19-20,22-23,25-26,34,36,40-42,44-47,49-50,52-54H,3-4,6,8-9,12,15,18,21,24,27-33,35,37-39H2,1-2H3,(H,48,51)/b7-5-,11-10-,14-13-,17-16-,20-19-,23-22-,26-25-,36-34+. The molecule has 0 aliphatic carbocycles. The Kier molecular flexibility index (Phi) is 33.3. The van der Waals surface area contributed by atoms with Crippen molar-refractivity contribution in [2.75, 3.05) is 13.2 Å². The lowest BCUT2D eigenvalue weighted by Crippen LogP contribution is -2.60. The number of carbonyl (C=O) groups excluding carboxylic acids is 1. The van der Waals surface area contributed by atoms with Crippen LogP contribution in [-0.2, 0) is 14.3 Å². The van der Waals surface area contributed by atoms with Crippen molar-refractivity contribution in [3.05, 3.63) is 97.2 Å². The van der Waals surface area contributed by atoms with Gasteiger partial charge in [0.15, 0.2) is 6.29 Å². The molecule has 1 rings (SSSR count). The lowest BCUT2D eigenvalue weighted by Gasteiger charge is -2.40. The normalized spacial score (nSPS) is 22.2. The van der Waals surface area contributed by atoms with Crippen LogP contribution in [0, 0.1) is 0 Å². The van der Waals surface area contributed by atoms with Gasteiger partial charge in [0, 0.05) is 6.42 Å². The van der Waals surface area contributed by atoms with Crippen molar-refractivity contribution in [3.63, 3.8) is 0 Å². The van der Waals surface area contributed by atoms with Gasteiger partial charge in [0.2, 0.25) is 5.91 Å². The summed E-state index contributed by atoms with van der Waals surface area (Å²) in [5.74, 6) is -0.204. The Balaban J connectivity index is 2.16. The van der Waals surface area contributed by atoms with Gasteiger partial charge in [0.25, 0.3) is 0 Å². The summed E-state index contributed by atoms with van der Waals surface area (Å²) in [6, 6.07) is -0.813. The van der Waals surface area contributed by atoms with E-state index in [-0.39, 0.29) is 12.5 Å². The number of aliphatic hydroxyl groups is 5. The number of ether oxygens (including phenoxy) is 2. The number of carbonyl (C=O) groups is 1. The molecule has 1 amide bonds. The number of aliphatic hydroxyl groups excluding tert-OH is 5. The van der Waals surface area contributed by atoms with Crippen molar-refractivity contribution in [1.29, 1.82) is 0 Å². The molecule has 1 fully saturated rings. The van der Waals surface area contributed by atoms with E-state index >= 15 is 0 Å². The van der Waals surface area contributed by atoms with E-state index in [4.69, 9.17) is 9.47 Å². The third-order valence-corrected chi connectivity index (χ3v) is 9.41. The molecule has 56 heavy (non-hydrogen) atoms. The van der Waals surface area contributed by atoms with E-state index in [0.29, 0.717) is 6.42 Å². The third-order valence-electron chi connectivity index (χ3n) is 9.41. The molecule has 0 spiro atoms. The number of unbranched alkanes of at least 4 members (excludes halogenated alkanes) is 9. The van der Waals surface area contributed by atoms with Gasteiger partial charge in [-0.2, -0.15) is 0 Å². The van der Waals surface area contributed by atoms with Crippen LogP contribution >= 0.6 is 0 Å². The van der Waals surface area contributed by atoms with Gasteiger partial charge in [0.1, 0.15) is 24.4 Å². The largest absolute Gasteiger partial charge is 0.394 e. The smallest absolute Gasteiger partial charge is 0.220 e. The summed E-state index contributed by atoms with van der Waals surface area (Å²) < 4.78 is 11.1. The van der Waals surface area contributed by atoms with Crippen LogP contribution in [0.2, 0.25) is 0 Å². The van der Waals surface area contributed by atoms with Crippen molar-refractivity contribution in [2.24, 2.45) is 0 Å². The second kappa shape index (κ2) is 36.5. The van der Waals surface area contributed by atoms with Crippen molar-refractivity contribution < 1.29 is 39.8 Å². The molecule has 0 bridgehead atoms. The minimum absolute atomic E-state index is 0.203. The van der Waals surface area contributed by atoms with Crippen molar-refractivity contribution >= 4 is 5.91 Å². The third kappa shape index (κ3) is 26.9. The van der Waals surface area contributed by atoms with Gasteiger partial charge in [0.05, 0.1) is 25.4 Å². The molecular formula is C47H77NO8. The van der Waals surface area contributed by atoms with Gasteiger partial charge in [-0.15, -0.1) is 0 Å². The monoisotopic (exact) mass is 784 g/mol. The molecule has 7 unspecified atom stereocenters. The fourth-order valence-corrected chi connectivity index (χ4v) is 5.94. The second-order valence-corrected chi connectivity index (χ2v) is 14.4. The molecule has 1 aliphatic rings. The van der Waals surface area contributed by atoms with Crippen LogP contribution in [0.3, 0.4) is 0 Å². The summed E-state index contributed by atoms with van der Waals surface area (Å²) in [4.78, 5) is 12.8. The first kappa shape index (κ1) is 51.1. The Hall–Kier alpha value is -2.89. The Labute approximate surface area is 339 Å². The molecule has 1 saturated heterocycles. The van der Waals surface area contributed by atoms with Crippen molar-refractivity contribution in [2.45, 2.75) is 179 Å². The predicted molar refractivity (Wildman–Crippen MR) is 230 cm³/mol. The summed E-state index contributed by atoms with van der Waals surface area (Å²) in [7, 11) is 0. The zero-order valence-electron chi connectivity index (χ0n) is 34.6. The summed E-state index contributed by atoms with van der Waals surface area (Å²) >= 11 is 0. The molecule has 9 heteroatoms. The number of amides is 1. The van der Waals surface area contributed by atoms with Crippen LogP contribution in [0.1, 0.15) is 136 Å². The van der Waals surface area contributed by atoms with Gasteiger partial charge in [-0.05, 0) is 70.6 Å². The van der Waals surface area contributed by atoms with Gasteiger partial charge >= 0.3 is 0 Å². The van der Waals surface area contributed by atoms with Crippen LogP contribution in [-0.4, -0.2) is 87.5 Å². The molecule has 1 aliphatic heterocycles. The number of rotatable bonds is 33. The number of nitrogens with one attached hydrogen (secondary N) is 1. The highest BCUT2D eigenvalue weighted by Crippen LogP contribution is 2.22. The van der Waals surface area contributed by atoms with Crippen molar-refractivity contribution in [1.82, 2.24) is 5.32 Å². The Bertz CT molecular complexity index is 1190. The number of hydrogen-bond acceptors (Lipinski definition) is 8. The van der Waals surface area contributed by atoms with Crippen molar-refractivity contribution in [3.8, 4) is 0 Å². The maximum atomic E-state index is 12.8. The quantitative estimate of drug-likeness (QED) is 0.0287. The highest BCUT2D eigenvalue weighted by Gasteiger charge is 2.44.